The van der Waals surface area contributed by atoms with E-state index in [9.17, 15) is 22.3 Å². The summed E-state index contributed by atoms with van der Waals surface area (Å²) in [5.41, 5.74) is 0.214. The fourth-order valence-corrected chi connectivity index (χ4v) is 3.68. The summed E-state index contributed by atoms with van der Waals surface area (Å²) in [6, 6.07) is 10.7. The first kappa shape index (κ1) is 16.4. The van der Waals surface area contributed by atoms with E-state index in [1.165, 1.54) is 19.1 Å². The summed E-state index contributed by atoms with van der Waals surface area (Å²) in [6.45, 7) is 1.07. The molecule has 0 heterocycles. The van der Waals surface area contributed by atoms with E-state index >= 15 is 0 Å². The first-order valence-electron chi connectivity index (χ1n) is 6.54. The molecule has 7 heteroatoms. The molecule has 0 aliphatic rings. The van der Waals surface area contributed by atoms with Crippen molar-refractivity contribution < 1.29 is 22.3 Å². The fourth-order valence-electron chi connectivity index (χ4n) is 2.02. The van der Waals surface area contributed by atoms with Crippen molar-refractivity contribution in [1.82, 2.24) is 0 Å². The van der Waals surface area contributed by atoms with Gasteiger partial charge in [-0.15, -0.1) is 0 Å². The second-order valence-electron chi connectivity index (χ2n) is 4.77. The molecule has 118 valence electrons. The summed E-state index contributed by atoms with van der Waals surface area (Å²) < 4.78 is 53.8. The first-order valence-corrected chi connectivity index (χ1v) is 7.98. The molecule has 2 aromatic rings. The van der Waals surface area contributed by atoms with E-state index in [1.54, 1.807) is 18.2 Å². The number of halogens is 2. The van der Waals surface area contributed by atoms with Crippen LogP contribution in [0.1, 0.15) is 6.92 Å². The largest absolute Gasteiger partial charge is 0.392 e. The normalized spacial score (nSPS) is 12.9. The number of aliphatic hydroxyl groups is 1. The summed E-state index contributed by atoms with van der Waals surface area (Å²) >= 11 is 0. The number of sulfonamides is 1. The highest BCUT2D eigenvalue weighted by atomic mass is 32.2. The maximum atomic E-state index is 13.9. The van der Waals surface area contributed by atoms with Crippen LogP contribution < -0.4 is 4.31 Å². The minimum absolute atomic E-state index is 0.214. The van der Waals surface area contributed by atoms with Gasteiger partial charge in [-0.25, -0.2) is 17.2 Å². The van der Waals surface area contributed by atoms with E-state index in [0.29, 0.717) is 0 Å². The average Bonchev–Trinajstić information content (AvgIpc) is 2.45. The van der Waals surface area contributed by atoms with Gasteiger partial charge in [0.25, 0.3) is 10.0 Å². The Morgan fingerprint density at radius 1 is 1.05 bits per heavy atom. The highest BCUT2D eigenvalue weighted by molar-refractivity contribution is 7.92. The van der Waals surface area contributed by atoms with E-state index in [-0.39, 0.29) is 12.2 Å². The van der Waals surface area contributed by atoms with Crippen LogP contribution >= 0.6 is 0 Å². The van der Waals surface area contributed by atoms with Crippen molar-refractivity contribution >= 4 is 15.7 Å². The Bertz CT molecular complexity index is 728. The van der Waals surface area contributed by atoms with Gasteiger partial charge in [0.2, 0.25) is 0 Å². The number of benzene rings is 2. The van der Waals surface area contributed by atoms with Crippen LogP contribution in [0, 0.1) is 11.6 Å². The standard InChI is InChI=1S/C15H15F2NO3S/c1-11(19)10-18(12-6-3-2-4-7-12)22(20,21)15-13(16)8-5-9-14(15)17/h2-9,11,19H,10H2,1H3. The molecule has 4 nitrogen and oxygen atoms in total. The molecule has 0 amide bonds. The zero-order valence-corrected chi connectivity index (χ0v) is 12.6. The van der Waals surface area contributed by atoms with Gasteiger partial charge in [0, 0.05) is 0 Å². The average molecular weight is 327 g/mol. The lowest BCUT2D eigenvalue weighted by atomic mass is 10.3. The molecule has 2 rings (SSSR count). The van der Waals surface area contributed by atoms with Gasteiger partial charge in [0.1, 0.15) is 11.6 Å². The van der Waals surface area contributed by atoms with Gasteiger partial charge >= 0.3 is 0 Å². The molecule has 0 saturated heterocycles. The summed E-state index contributed by atoms with van der Waals surface area (Å²) in [6.07, 6.45) is -1.01. The molecule has 2 aromatic carbocycles. The second kappa shape index (κ2) is 6.41. The fraction of sp³-hybridized carbons (Fsp3) is 0.200. The quantitative estimate of drug-likeness (QED) is 0.918. The number of hydrogen-bond donors (Lipinski definition) is 1. The third kappa shape index (κ3) is 3.26. The first-order chi connectivity index (χ1) is 10.3. The summed E-state index contributed by atoms with van der Waals surface area (Å²) in [5.74, 6) is -2.35. The lowest BCUT2D eigenvalue weighted by Gasteiger charge is -2.26. The number of aliphatic hydroxyl groups excluding tert-OH is 1. The Labute approximate surface area is 127 Å². The van der Waals surface area contributed by atoms with E-state index < -0.39 is 32.7 Å². The van der Waals surface area contributed by atoms with Gasteiger partial charge in [0.05, 0.1) is 18.3 Å². The van der Waals surface area contributed by atoms with Crippen molar-refractivity contribution in [1.29, 1.82) is 0 Å². The van der Waals surface area contributed by atoms with Crippen LogP contribution in [0.5, 0.6) is 0 Å². The molecule has 0 radical (unpaired) electrons. The van der Waals surface area contributed by atoms with Gasteiger partial charge in [-0.1, -0.05) is 24.3 Å². The SMILES string of the molecule is CC(O)CN(c1ccccc1)S(=O)(=O)c1c(F)cccc1F. The molecule has 0 aliphatic carbocycles. The minimum Gasteiger partial charge on any atom is -0.392 e. The predicted molar refractivity (Wildman–Crippen MR) is 79.0 cm³/mol. The van der Waals surface area contributed by atoms with Crippen LogP contribution in [0.4, 0.5) is 14.5 Å². The molecule has 1 N–H and O–H groups in total. The number of nitrogens with zero attached hydrogens (tertiary/aromatic N) is 1. The number of rotatable bonds is 5. The Morgan fingerprint density at radius 3 is 2.09 bits per heavy atom. The Kier molecular flexibility index (Phi) is 4.77. The molecule has 22 heavy (non-hydrogen) atoms. The van der Waals surface area contributed by atoms with Gasteiger partial charge in [-0.2, -0.15) is 0 Å². The zero-order chi connectivity index (χ0) is 16.3. The van der Waals surface area contributed by atoms with Gasteiger partial charge < -0.3 is 5.11 Å². The van der Waals surface area contributed by atoms with Crippen LogP contribution in [-0.2, 0) is 10.0 Å². The van der Waals surface area contributed by atoms with Gasteiger partial charge in [-0.3, -0.25) is 4.31 Å². The maximum Gasteiger partial charge on any atom is 0.270 e. The van der Waals surface area contributed by atoms with Crippen LogP contribution in [0.15, 0.2) is 53.4 Å². The van der Waals surface area contributed by atoms with E-state index in [0.717, 1.165) is 22.5 Å². The van der Waals surface area contributed by atoms with Crippen molar-refractivity contribution in [3.05, 3.63) is 60.2 Å². The Morgan fingerprint density at radius 2 is 1.59 bits per heavy atom. The van der Waals surface area contributed by atoms with Crippen LogP contribution in [0.3, 0.4) is 0 Å². The van der Waals surface area contributed by atoms with E-state index in [1.807, 2.05) is 0 Å². The summed E-state index contributed by atoms with van der Waals surface area (Å²) in [4.78, 5) is -1.03. The molecule has 1 unspecified atom stereocenters. The van der Waals surface area contributed by atoms with Crippen molar-refractivity contribution in [3.63, 3.8) is 0 Å². The molecule has 1 atom stereocenters. The Balaban J connectivity index is 2.60. The monoisotopic (exact) mass is 327 g/mol. The lowest BCUT2D eigenvalue weighted by Crippen LogP contribution is -2.37. The topological polar surface area (TPSA) is 57.6 Å². The third-order valence-corrected chi connectivity index (χ3v) is 4.79. The molecule has 0 aromatic heterocycles. The van der Waals surface area contributed by atoms with Crippen molar-refractivity contribution in [2.24, 2.45) is 0 Å². The minimum atomic E-state index is -4.49. The van der Waals surface area contributed by atoms with E-state index in [4.69, 9.17) is 0 Å². The van der Waals surface area contributed by atoms with Crippen molar-refractivity contribution in [2.75, 3.05) is 10.8 Å². The molecule has 0 aliphatic heterocycles. The van der Waals surface area contributed by atoms with Crippen molar-refractivity contribution in [3.8, 4) is 0 Å². The van der Waals surface area contributed by atoms with Gasteiger partial charge in [0.15, 0.2) is 4.90 Å². The molecular weight excluding hydrogens is 312 g/mol. The van der Waals surface area contributed by atoms with Gasteiger partial charge in [-0.05, 0) is 31.2 Å². The number of hydrogen-bond acceptors (Lipinski definition) is 3. The highest BCUT2D eigenvalue weighted by Gasteiger charge is 2.31. The van der Waals surface area contributed by atoms with Crippen LogP contribution in [0.25, 0.3) is 0 Å². The molecule has 0 fully saturated rings. The van der Waals surface area contributed by atoms with Crippen LogP contribution in [-0.4, -0.2) is 26.2 Å². The summed E-state index contributed by atoms with van der Waals surface area (Å²) in [7, 11) is -4.49. The van der Waals surface area contributed by atoms with Crippen LogP contribution in [0.2, 0.25) is 0 Å². The Hall–Kier alpha value is -1.99. The third-order valence-electron chi connectivity index (χ3n) is 2.94. The zero-order valence-electron chi connectivity index (χ0n) is 11.8. The molecule has 0 bridgehead atoms. The number of para-hydroxylation sites is 1. The highest BCUT2D eigenvalue weighted by Crippen LogP contribution is 2.27. The van der Waals surface area contributed by atoms with E-state index in [2.05, 4.69) is 0 Å². The molecule has 0 spiro atoms. The van der Waals surface area contributed by atoms with Crippen molar-refractivity contribution in [2.45, 2.75) is 17.9 Å². The second-order valence-corrected chi connectivity index (χ2v) is 6.57. The predicted octanol–water partition coefficient (Wildman–Crippen LogP) is 2.54. The summed E-state index contributed by atoms with van der Waals surface area (Å²) in [5, 5.41) is 9.54. The maximum absolute atomic E-state index is 13.9. The lowest BCUT2D eigenvalue weighted by molar-refractivity contribution is 0.204. The molecule has 0 saturated carbocycles. The smallest absolute Gasteiger partial charge is 0.270 e. The number of anilines is 1. The molecular formula is C15H15F2NO3S.